The van der Waals surface area contributed by atoms with Crippen LogP contribution in [0.2, 0.25) is 0 Å². The second-order valence-corrected chi connectivity index (χ2v) is 2.90. The third-order valence-corrected chi connectivity index (χ3v) is 1.78. The average molecular weight is 179 g/mol. The van der Waals surface area contributed by atoms with E-state index in [9.17, 15) is 4.79 Å². The van der Waals surface area contributed by atoms with Crippen LogP contribution in [0.5, 0.6) is 0 Å². The SMILES string of the molecule is CCCC(=O)c1cnc(N)nc1C. The highest BCUT2D eigenvalue weighted by molar-refractivity contribution is 5.96. The smallest absolute Gasteiger partial charge is 0.220 e. The molecule has 0 aliphatic carbocycles. The summed E-state index contributed by atoms with van der Waals surface area (Å²) in [5.74, 6) is 0.297. The minimum atomic E-state index is 0.0833. The highest BCUT2D eigenvalue weighted by Crippen LogP contribution is 2.08. The Kier molecular flexibility index (Phi) is 2.95. The molecule has 1 aromatic rings. The Labute approximate surface area is 77.2 Å². The lowest BCUT2D eigenvalue weighted by molar-refractivity contribution is 0.0980. The van der Waals surface area contributed by atoms with Crippen molar-refractivity contribution in [2.45, 2.75) is 26.7 Å². The first kappa shape index (κ1) is 9.64. The van der Waals surface area contributed by atoms with Crippen LogP contribution >= 0.6 is 0 Å². The molecule has 0 unspecified atom stereocenters. The van der Waals surface area contributed by atoms with Crippen molar-refractivity contribution in [2.24, 2.45) is 0 Å². The summed E-state index contributed by atoms with van der Waals surface area (Å²) >= 11 is 0. The summed E-state index contributed by atoms with van der Waals surface area (Å²) in [6.07, 6.45) is 2.87. The monoisotopic (exact) mass is 179 g/mol. The Morgan fingerprint density at radius 2 is 2.31 bits per heavy atom. The molecule has 0 aliphatic rings. The number of Topliss-reactive ketones (excluding diaryl/α,β-unsaturated/α-hetero) is 1. The van der Waals surface area contributed by atoms with Crippen molar-refractivity contribution in [3.8, 4) is 0 Å². The van der Waals surface area contributed by atoms with Crippen LogP contribution in [0.4, 0.5) is 5.95 Å². The second-order valence-electron chi connectivity index (χ2n) is 2.90. The quantitative estimate of drug-likeness (QED) is 0.711. The van der Waals surface area contributed by atoms with Gasteiger partial charge in [0.15, 0.2) is 5.78 Å². The molecule has 4 heteroatoms. The predicted molar refractivity (Wildman–Crippen MR) is 50.4 cm³/mol. The van der Waals surface area contributed by atoms with Crippen molar-refractivity contribution in [3.05, 3.63) is 17.5 Å². The van der Waals surface area contributed by atoms with Crippen LogP contribution < -0.4 is 5.73 Å². The number of carbonyl (C=O) groups is 1. The van der Waals surface area contributed by atoms with Crippen molar-refractivity contribution in [3.63, 3.8) is 0 Å². The highest BCUT2D eigenvalue weighted by atomic mass is 16.1. The molecule has 0 saturated heterocycles. The minimum absolute atomic E-state index is 0.0833. The molecule has 1 rings (SSSR count). The fourth-order valence-electron chi connectivity index (χ4n) is 1.12. The van der Waals surface area contributed by atoms with E-state index in [-0.39, 0.29) is 11.7 Å². The molecule has 0 atom stereocenters. The maximum Gasteiger partial charge on any atom is 0.220 e. The molecule has 1 aromatic heterocycles. The lowest BCUT2D eigenvalue weighted by atomic mass is 10.1. The number of hydrogen-bond donors (Lipinski definition) is 1. The molecule has 2 N–H and O–H groups in total. The van der Waals surface area contributed by atoms with E-state index in [1.165, 1.54) is 6.20 Å². The third-order valence-electron chi connectivity index (χ3n) is 1.78. The molecule has 0 aliphatic heterocycles. The summed E-state index contributed by atoms with van der Waals surface area (Å²) in [7, 11) is 0. The fourth-order valence-corrected chi connectivity index (χ4v) is 1.12. The van der Waals surface area contributed by atoms with Crippen molar-refractivity contribution < 1.29 is 4.79 Å². The number of carbonyl (C=O) groups excluding carboxylic acids is 1. The summed E-state index contributed by atoms with van der Waals surface area (Å²) in [5.41, 5.74) is 6.61. The molecule has 0 spiro atoms. The second kappa shape index (κ2) is 3.98. The van der Waals surface area contributed by atoms with E-state index in [2.05, 4.69) is 9.97 Å². The molecule has 0 aromatic carbocycles. The Morgan fingerprint density at radius 1 is 1.62 bits per heavy atom. The van der Waals surface area contributed by atoms with E-state index in [4.69, 9.17) is 5.73 Å². The first-order valence-electron chi connectivity index (χ1n) is 4.27. The number of anilines is 1. The van der Waals surface area contributed by atoms with Gasteiger partial charge in [-0.15, -0.1) is 0 Å². The number of rotatable bonds is 3. The molecule has 13 heavy (non-hydrogen) atoms. The number of aromatic nitrogens is 2. The number of hydrogen-bond acceptors (Lipinski definition) is 4. The zero-order chi connectivity index (χ0) is 9.84. The summed E-state index contributed by atoms with van der Waals surface area (Å²) in [4.78, 5) is 19.2. The molecule has 0 fully saturated rings. The van der Waals surface area contributed by atoms with Gasteiger partial charge >= 0.3 is 0 Å². The standard InChI is InChI=1S/C9H13N3O/c1-3-4-8(13)7-5-11-9(10)12-6(7)2/h5H,3-4H2,1-2H3,(H2,10,11,12). The third kappa shape index (κ3) is 2.24. The Bertz CT molecular complexity index is 323. The van der Waals surface area contributed by atoms with E-state index in [1.807, 2.05) is 6.92 Å². The Hall–Kier alpha value is -1.45. The Balaban J connectivity index is 2.95. The van der Waals surface area contributed by atoms with Gasteiger partial charge in [-0.05, 0) is 13.3 Å². The first-order valence-corrected chi connectivity index (χ1v) is 4.27. The molecular weight excluding hydrogens is 166 g/mol. The minimum Gasteiger partial charge on any atom is -0.368 e. The van der Waals surface area contributed by atoms with Gasteiger partial charge in [-0.3, -0.25) is 4.79 Å². The van der Waals surface area contributed by atoms with Crippen molar-refractivity contribution in [2.75, 3.05) is 5.73 Å². The van der Waals surface area contributed by atoms with Crippen molar-refractivity contribution in [1.82, 2.24) is 9.97 Å². The molecule has 70 valence electrons. The van der Waals surface area contributed by atoms with Crippen LogP contribution in [-0.4, -0.2) is 15.8 Å². The molecule has 0 saturated carbocycles. The van der Waals surface area contributed by atoms with Gasteiger partial charge in [-0.25, -0.2) is 9.97 Å². The molecular formula is C9H13N3O. The van der Waals surface area contributed by atoms with Crippen molar-refractivity contribution >= 4 is 11.7 Å². The summed E-state index contributed by atoms with van der Waals surface area (Å²) < 4.78 is 0. The fraction of sp³-hybridized carbons (Fsp3) is 0.444. The number of ketones is 1. The largest absolute Gasteiger partial charge is 0.368 e. The van der Waals surface area contributed by atoms with Gasteiger partial charge in [0, 0.05) is 12.6 Å². The van der Waals surface area contributed by atoms with E-state index in [0.29, 0.717) is 17.7 Å². The van der Waals surface area contributed by atoms with Gasteiger partial charge in [0.05, 0.1) is 11.3 Å². The van der Waals surface area contributed by atoms with Crippen LogP contribution in [0, 0.1) is 6.92 Å². The van der Waals surface area contributed by atoms with E-state index in [0.717, 1.165) is 6.42 Å². The summed E-state index contributed by atoms with van der Waals surface area (Å²) in [5, 5.41) is 0. The predicted octanol–water partition coefficient (Wildman–Crippen LogP) is 1.35. The average Bonchev–Trinajstić information content (AvgIpc) is 2.04. The van der Waals surface area contributed by atoms with E-state index in [1.54, 1.807) is 6.92 Å². The van der Waals surface area contributed by atoms with Gasteiger partial charge in [-0.1, -0.05) is 6.92 Å². The molecule has 1 heterocycles. The molecule has 4 nitrogen and oxygen atoms in total. The number of nitrogens with zero attached hydrogens (tertiary/aromatic N) is 2. The van der Waals surface area contributed by atoms with E-state index >= 15 is 0 Å². The molecule has 0 amide bonds. The van der Waals surface area contributed by atoms with E-state index < -0.39 is 0 Å². The number of nitrogens with two attached hydrogens (primary N) is 1. The lowest BCUT2D eigenvalue weighted by Gasteiger charge is -2.02. The van der Waals surface area contributed by atoms with Gasteiger partial charge in [0.1, 0.15) is 0 Å². The van der Waals surface area contributed by atoms with Gasteiger partial charge in [0.25, 0.3) is 0 Å². The molecule has 0 bridgehead atoms. The summed E-state index contributed by atoms with van der Waals surface area (Å²) in [6, 6.07) is 0. The van der Waals surface area contributed by atoms with Gasteiger partial charge in [-0.2, -0.15) is 0 Å². The van der Waals surface area contributed by atoms with Crippen molar-refractivity contribution in [1.29, 1.82) is 0 Å². The number of nitrogen functional groups attached to an aromatic ring is 1. The molecule has 0 radical (unpaired) electrons. The topological polar surface area (TPSA) is 68.9 Å². The van der Waals surface area contributed by atoms with Gasteiger partial charge in [0.2, 0.25) is 5.95 Å². The number of aryl methyl sites for hydroxylation is 1. The van der Waals surface area contributed by atoms with Crippen LogP contribution in [0.3, 0.4) is 0 Å². The summed E-state index contributed by atoms with van der Waals surface area (Å²) in [6.45, 7) is 3.73. The van der Waals surface area contributed by atoms with Gasteiger partial charge < -0.3 is 5.73 Å². The van der Waals surface area contributed by atoms with Crippen LogP contribution in [0.25, 0.3) is 0 Å². The zero-order valence-electron chi connectivity index (χ0n) is 7.87. The maximum atomic E-state index is 11.5. The van der Waals surface area contributed by atoms with Crippen LogP contribution in [0.15, 0.2) is 6.20 Å². The maximum absolute atomic E-state index is 11.5. The lowest BCUT2D eigenvalue weighted by Crippen LogP contribution is -2.06. The highest BCUT2D eigenvalue weighted by Gasteiger charge is 2.09. The van der Waals surface area contributed by atoms with Crippen LogP contribution in [0.1, 0.15) is 35.8 Å². The first-order chi connectivity index (χ1) is 6.15. The Morgan fingerprint density at radius 3 is 2.85 bits per heavy atom. The van der Waals surface area contributed by atoms with Crippen LogP contribution in [-0.2, 0) is 0 Å². The zero-order valence-corrected chi connectivity index (χ0v) is 7.87. The normalized spacial score (nSPS) is 10.0.